The zero-order valence-electron chi connectivity index (χ0n) is 13.6. The Kier molecular flexibility index (Phi) is 4.26. The molecule has 0 bridgehead atoms. The second kappa shape index (κ2) is 6.20. The normalized spacial score (nSPS) is 12.9. The fraction of sp³-hybridized carbons (Fsp3) is 0.353. The fourth-order valence-corrected chi connectivity index (χ4v) is 3.34. The topological polar surface area (TPSA) is 56.5 Å². The maximum absolute atomic E-state index is 12.0. The van der Waals surface area contributed by atoms with Gasteiger partial charge < -0.3 is 4.74 Å². The van der Waals surface area contributed by atoms with Crippen LogP contribution in [0, 0.1) is 6.92 Å². The number of pyridine rings is 1. The summed E-state index contributed by atoms with van der Waals surface area (Å²) in [5.74, 6) is -0.238. The molecule has 2 heterocycles. The van der Waals surface area contributed by atoms with Crippen molar-refractivity contribution in [2.45, 2.75) is 44.2 Å². The van der Waals surface area contributed by atoms with Crippen molar-refractivity contribution in [3.63, 3.8) is 0 Å². The number of benzene rings is 1. The summed E-state index contributed by atoms with van der Waals surface area (Å²) in [7, 11) is 0. The molecule has 1 atom stereocenters. The number of thioether (sulfide) groups is 1. The van der Waals surface area contributed by atoms with E-state index in [4.69, 9.17) is 4.74 Å². The van der Waals surface area contributed by atoms with Crippen molar-refractivity contribution >= 4 is 34.3 Å². The summed E-state index contributed by atoms with van der Waals surface area (Å²) in [5.41, 5.74) is 2.98. The molecule has 3 aromatic rings. The Balaban J connectivity index is 2.02. The van der Waals surface area contributed by atoms with Crippen molar-refractivity contribution in [1.29, 1.82) is 0 Å². The van der Waals surface area contributed by atoms with E-state index in [0.29, 0.717) is 5.16 Å². The van der Waals surface area contributed by atoms with Crippen LogP contribution in [0.5, 0.6) is 0 Å². The van der Waals surface area contributed by atoms with E-state index in [2.05, 4.69) is 23.2 Å². The van der Waals surface area contributed by atoms with Crippen molar-refractivity contribution < 1.29 is 9.53 Å². The first kappa shape index (κ1) is 15.8. The number of hydrogen-bond donors (Lipinski definition) is 0. The number of carbonyl (C=O) groups is 1. The summed E-state index contributed by atoms with van der Waals surface area (Å²) >= 11 is 1.37. The summed E-state index contributed by atoms with van der Waals surface area (Å²) in [4.78, 5) is 12.0. The van der Waals surface area contributed by atoms with Crippen LogP contribution in [0.3, 0.4) is 0 Å². The van der Waals surface area contributed by atoms with Gasteiger partial charge in [-0.25, -0.2) is 0 Å². The smallest absolute Gasteiger partial charge is 0.319 e. The third-order valence-electron chi connectivity index (χ3n) is 3.54. The van der Waals surface area contributed by atoms with Gasteiger partial charge in [0.2, 0.25) is 0 Å². The highest BCUT2D eigenvalue weighted by atomic mass is 32.2. The molecule has 23 heavy (non-hydrogen) atoms. The van der Waals surface area contributed by atoms with E-state index >= 15 is 0 Å². The van der Waals surface area contributed by atoms with Gasteiger partial charge in [-0.15, -0.1) is 10.2 Å². The molecule has 2 aromatic heterocycles. The van der Waals surface area contributed by atoms with E-state index in [1.807, 2.05) is 49.4 Å². The van der Waals surface area contributed by atoms with Gasteiger partial charge in [0, 0.05) is 5.39 Å². The molecule has 120 valence electrons. The van der Waals surface area contributed by atoms with Crippen LogP contribution in [-0.2, 0) is 9.53 Å². The maximum atomic E-state index is 12.0. The van der Waals surface area contributed by atoms with Gasteiger partial charge in [-0.1, -0.05) is 30.0 Å². The summed E-state index contributed by atoms with van der Waals surface area (Å²) in [6.45, 7) is 7.58. The number of aryl methyl sites for hydroxylation is 1. The van der Waals surface area contributed by atoms with Crippen LogP contribution in [0.25, 0.3) is 16.6 Å². The number of aromatic nitrogens is 3. The first-order valence-electron chi connectivity index (χ1n) is 7.58. The van der Waals surface area contributed by atoms with Crippen LogP contribution in [0.15, 0.2) is 35.5 Å². The zero-order valence-corrected chi connectivity index (χ0v) is 14.4. The minimum Gasteiger partial charge on any atom is -0.462 e. The monoisotopic (exact) mass is 329 g/mol. The van der Waals surface area contributed by atoms with Gasteiger partial charge in [-0.05, 0) is 45.4 Å². The predicted octanol–water partition coefficient (Wildman–Crippen LogP) is 3.62. The van der Waals surface area contributed by atoms with E-state index in [1.54, 1.807) is 0 Å². The molecular weight excluding hydrogens is 310 g/mol. The van der Waals surface area contributed by atoms with Gasteiger partial charge in [0.1, 0.15) is 5.25 Å². The largest absolute Gasteiger partial charge is 0.462 e. The molecular formula is C17H19N3O2S. The van der Waals surface area contributed by atoms with Crippen molar-refractivity contribution in [3.05, 3.63) is 35.9 Å². The molecule has 6 heteroatoms. The first-order chi connectivity index (χ1) is 11.0. The Morgan fingerprint density at radius 3 is 2.70 bits per heavy atom. The summed E-state index contributed by atoms with van der Waals surface area (Å²) in [5, 5.41) is 10.0. The molecule has 0 saturated carbocycles. The third-order valence-corrected chi connectivity index (χ3v) is 4.56. The molecule has 1 aromatic carbocycles. The first-order valence-corrected chi connectivity index (χ1v) is 8.46. The van der Waals surface area contributed by atoms with E-state index in [0.717, 1.165) is 22.1 Å². The lowest BCUT2D eigenvalue weighted by Crippen LogP contribution is -2.21. The molecule has 0 aliphatic carbocycles. The number of para-hydroxylation sites is 1. The molecule has 0 spiro atoms. The Hall–Kier alpha value is -2.08. The van der Waals surface area contributed by atoms with Crippen LogP contribution in [0.2, 0.25) is 0 Å². The molecule has 0 radical (unpaired) electrons. The zero-order chi connectivity index (χ0) is 16.6. The molecule has 0 saturated heterocycles. The molecule has 0 aliphatic heterocycles. The number of ether oxygens (including phenoxy) is 1. The van der Waals surface area contributed by atoms with Gasteiger partial charge in [0.15, 0.2) is 10.8 Å². The van der Waals surface area contributed by atoms with Gasteiger partial charge in [-0.2, -0.15) is 0 Å². The fourth-order valence-electron chi connectivity index (χ4n) is 2.49. The molecule has 0 fully saturated rings. The second-order valence-corrected chi connectivity index (χ2v) is 7.07. The number of fused-ring (bicyclic) bond motifs is 3. The van der Waals surface area contributed by atoms with E-state index in [-0.39, 0.29) is 17.3 Å². The van der Waals surface area contributed by atoms with Crippen LogP contribution in [0.1, 0.15) is 26.3 Å². The lowest BCUT2D eigenvalue weighted by molar-refractivity contribution is -0.146. The average Bonchev–Trinajstić information content (AvgIpc) is 2.89. The molecule has 5 nitrogen and oxygen atoms in total. The third kappa shape index (κ3) is 3.03. The second-order valence-electron chi connectivity index (χ2n) is 5.77. The number of carbonyl (C=O) groups excluding carboxylic acids is 1. The van der Waals surface area contributed by atoms with Crippen LogP contribution < -0.4 is 0 Å². The van der Waals surface area contributed by atoms with Crippen LogP contribution >= 0.6 is 11.8 Å². The Labute approximate surface area is 139 Å². The van der Waals surface area contributed by atoms with Gasteiger partial charge in [0.05, 0.1) is 11.6 Å². The number of hydrogen-bond acceptors (Lipinski definition) is 5. The molecule has 1 unspecified atom stereocenters. The van der Waals surface area contributed by atoms with Gasteiger partial charge >= 0.3 is 5.97 Å². The van der Waals surface area contributed by atoms with Crippen molar-refractivity contribution in [1.82, 2.24) is 14.6 Å². The predicted molar refractivity (Wildman–Crippen MR) is 91.8 cm³/mol. The highest BCUT2D eigenvalue weighted by Gasteiger charge is 2.21. The van der Waals surface area contributed by atoms with Crippen LogP contribution in [0.4, 0.5) is 0 Å². The average molecular weight is 329 g/mol. The Morgan fingerprint density at radius 1 is 1.22 bits per heavy atom. The number of nitrogens with zero attached hydrogens (tertiary/aromatic N) is 3. The van der Waals surface area contributed by atoms with E-state index < -0.39 is 0 Å². The number of rotatable bonds is 4. The standard InChI is InChI=1S/C17H19N3O2S/c1-10(2)22-16(21)12(4)23-17-19-18-15-9-11(3)13-7-5-6-8-14(13)20(15)17/h5-10,12H,1-4H3. The van der Waals surface area contributed by atoms with Crippen molar-refractivity contribution in [3.8, 4) is 0 Å². The SMILES string of the molecule is Cc1cc2nnc(SC(C)C(=O)OC(C)C)n2c2ccccc12. The molecule has 0 amide bonds. The quantitative estimate of drug-likeness (QED) is 0.540. The highest BCUT2D eigenvalue weighted by Crippen LogP contribution is 2.28. The van der Waals surface area contributed by atoms with Gasteiger partial charge in [0.25, 0.3) is 0 Å². The Bertz CT molecular complexity index is 873. The summed E-state index contributed by atoms with van der Waals surface area (Å²) in [6.07, 6.45) is -0.121. The molecule has 3 rings (SSSR count). The van der Waals surface area contributed by atoms with E-state index in [9.17, 15) is 4.79 Å². The van der Waals surface area contributed by atoms with Crippen molar-refractivity contribution in [2.24, 2.45) is 0 Å². The van der Waals surface area contributed by atoms with Gasteiger partial charge in [-0.3, -0.25) is 9.20 Å². The number of esters is 1. The van der Waals surface area contributed by atoms with Crippen LogP contribution in [-0.4, -0.2) is 31.9 Å². The Morgan fingerprint density at radius 2 is 1.96 bits per heavy atom. The molecule has 0 aliphatic rings. The lowest BCUT2D eigenvalue weighted by Gasteiger charge is -2.13. The molecule has 0 N–H and O–H groups in total. The summed E-state index contributed by atoms with van der Waals surface area (Å²) in [6, 6.07) is 10.1. The van der Waals surface area contributed by atoms with Crippen molar-refractivity contribution in [2.75, 3.05) is 0 Å². The maximum Gasteiger partial charge on any atom is 0.319 e. The minimum absolute atomic E-state index is 0.121. The van der Waals surface area contributed by atoms with E-state index in [1.165, 1.54) is 11.8 Å². The summed E-state index contributed by atoms with van der Waals surface area (Å²) < 4.78 is 7.25. The minimum atomic E-state index is -0.343. The lowest BCUT2D eigenvalue weighted by atomic mass is 10.1. The highest BCUT2D eigenvalue weighted by molar-refractivity contribution is 8.00.